The predicted molar refractivity (Wildman–Crippen MR) is 111 cm³/mol. The largest absolute Gasteiger partial charge is 0.340 e. The van der Waals surface area contributed by atoms with Gasteiger partial charge in [-0.1, -0.05) is 37.3 Å². The molecule has 0 aliphatic rings. The molecule has 0 unspecified atom stereocenters. The fraction of sp³-hybridized carbons (Fsp3) is 0.182. The normalized spacial score (nSPS) is 11.0. The molecule has 2 aromatic carbocycles. The van der Waals surface area contributed by atoms with Crippen LogP contribution in [0.3, 0.4) is 0 Å². The maximum absolute atomic E-state index is 4.53. The number of nitrogens with zero attached hydrogens (tertiary/aromatic N) is 2. The van der Waals surface area contributed by atoms with Gasteiger partial charge in [-0.25, -0.2) is 9.97 Å². The van der Waals surface area contributed by atoms with E-state index in [0.29, 0.717) is 0 Å². The lowest BCUT2D eigenvalue weighted by Gasteiger charge is -2.10. The van der Waals surface area contributed by atoms with Gasteiger partial charge in [0.1, 0.15) is 17.0 Å². The molecule has 0 spiro atoms. The van der Waals surface area contributed by atoms with Crippen LogP contribution in [0.2, 0.25) is 0 Å². The summed E-state index contributed by atoms with van der Waals surface area (Å²) in [6.07, 6.45) is 2.67. The summed E-state index contributed by atoms with van der Waals surface area (Å²) in [5.41, 5.74) is 7.36. The Bertz CT molecular complexity index is 1060. The molecule has 0 fully saturated rings. The molecule has 2 aromatic heterocycles. The predicted octanol–water partition coefficient (Wildman–Crippen LogP) is 6.28. The summed E-state index contributed by atoms with van der Waals surface area (Å²) in [4.78, 5) is 9.99. The summed E-state index contributed by atoms with van der Waals surface area (Å²) < 4.78 is 0. The zero-order valence-electron chi connectivity index (χ0n) is 15.2. The van der Waals surface area contributed by atoms with Crippen molar-refractivity contribution in [3.63, 3.8) is 0 Å². The molecule has 0 atom stereocenters. The summed E-state index contributed by atoms with van der Waals surface area (Å²) >= 11 is 1.66. The van der Waals surface area contributed by atoms with E-state index in [-0.39, 0.29) is 0 Å². The Morgan fingerprint density at radius 2 is 1.77 bits per heavy atom. The number of thiophene rings is 1. The SMILES string of the molecule is CCc1ccc(Nc2ncnc3scc(-c4ccc(C)c(C)c4)c23)cc1. The highest BCUT2D eigenvalue weighted by molar-refractivity contribution is 7.17. The van der Waals surface area contributed by atoms with E-state index in [1.54, 1.807) is 17.7 Å². The first-order chi connectivity index (χ1) is 12.7. The van der Waals surface area contributed by atoms with Crippen molar-refractivity contribution in [3.8, 4) is 11.1 Å². The molecule has 4 aromatic rings. The van der Waals surface area contributed by atoms with Crippen LogP contribution >= 0.6 is 11.3 Å². The monoisotopic (exact) mass is 359 g/mol. The number of aryl methyl sites for hydroxylation is 3. The number of nitrogens with one attached hydrogen (secondary N) is 1. The van der Waals surface area contributed by atoms with E-state index in [0.717, 1.165) is 28.1 Å². The Hall–Kier alpha value is -2.72. The van der Waals surface area contributed by atoms with E-state index in [9.17, 15) is 0 Å². The molecule has 0 aliphatic carbocycles. The van der Waals surface area contributed by atoms with Crippen molar-refractivity contribution in [1.29, 1.82) is 0 Å². The van der Waals surface area contributed by atoms with Crippen molar-refractivity contribution in [2.45, 2.75) is 27.2 Å². The number of hydrogen-bond acceptors (Lipinski definition) is 4. The van der Waals surface area contributed by atoms with Crippen molar-refractivity contribution in [2.24, 2.45) is 0 Å². The molecule has 0 saturated carbocycles. The second kappa shape index (κ2) is 6.89. The number of rotatable bonds is 4. The molecule has 26 heavy (non-hydrogen) atoms. The highest BCUT2D eigenvalue weighted by atomic mass is 32.1. The highest BCUT2D eigenvalue weighted by Gasteiger charge is 2.14. The van der Waals surface area contributed by atoms with Gasteiger partial charge in [0, 0.05) is 16.6 Å². The van der Waals surface area contributed by atoms with E-state index in [2.05, 4.69) is 83.9 Å². The third-order valence-corrected chi connectivity index (χ3v) is 5.70. The van der Waals surface area contributed by atoms with Gasteiger partial charge in [0.25, 0.3) is 0 Å². The van der Waals surface area contributed by atoms with Gasteiger partial charge in [-0.2, -0.15) is 0 Å². The van der Waals surface area contributed by atoms with Crippen molar-refractivity contribution < 1.29 is 0 Å². The maximum atomic E-state index is 4.53. The van der Waals surface area contributed by atoms with Crippen LogP contribution in [0.25, 0.3) is 21.3 Å². The molecule has 0 saturated heterocycles. The standard InChI is InChI=1S/C22H21N3S/c1-4-16-6-9-18(10-7-16)25-21-20-19(12-26-22(20)24-13-23-21)17-8-5-14(2)15(3)11-17/h5-13H,4H2,1-3H3,(H,23,24,25). The van der Waals surface area contributed by atoms with Gasteiger partial charge in [0.2, 0.25) is 0 Å². The van der Waals surface area contributed by atoms with Crippen LogP contribution in [-0.2, 0) is 6.42 Å². The third-order valence-electron chi connectivity index (χ3n) is 4.81. The maximum Gasteiger partial charge on any atom is 0.143 e. The van der Waals surface area contributed by atoms with Gasteiger partial charge in [0.15, 0.2) is 0 Å². The van der Waals surface area contributed by atoms with Gasteiger partial charge < -0.3 is 5.32 Å². The van der Waals surface area contributed by atoms with Crippen LogP contribution in [0.5, 0.6) is 0 Å². The van der Waals surface area contributed by atoms with Crippen molar-refractivity contribution in [1.82, 2.24) is 9.97 Å². The second-order valence-corrected chi connectivity index (χ2v) is 7.38. The molecule has 0 aliphatic heterocycles. The summed E-state index contributed by atoms with van der Waals surface area (Å²) in [6, 6.07) is 15.1. The highest BCUT2D eigenvalue weighted by Crippen LogP contribution is 2.37. The number of aromatic nitrogens is 2. The minimum atomic E-state index is 0.855. The first-order valence-electron chi connectivity index (χ1n) is 8.81. The molecule has 3 nitrogen and oxygen atoms in total. The van der Waals surface area contributed by atoms with Gasteiger partial charge in [-0.05, 0) is 54.7 Å². The van der Waals surface area contributed by atoms with Gasteiger partial charge in [0.05, 0.1) is 5.39 Å². The third kappa shape index (κ3) is 3.08. The molecule has 0 bridgehead atoms. The summed E-state index contributed by atoms with van der Waals surface area (Å²) in [6.45, 7) is 6.46. The van der Waals surface area contributed by atoms with E-state index in [1.165, 1.54) is 27.8 Å². The lowest BCUT2D eigenvalue weighted by Crippen LogP contribution is -1.96. The van der Waals surface area contributed by atoms with Crippen LogP contribution in [0, 0.1) is 13.8 Å². The zero-order chi connectivity index (χ0) is 18.1. The number of anilines is 2. The first kappa shape index (κ1) is 16.7. The lowest BCUT2D eigenvalue weighted by molar-refractivity contribution is 1.14. The van der Waals surface area contributed by atoms with Crippen LogP contribution in [0.1, 0.15) is 23.6 Å². The van der Waals surface area contributed by atoms with Crippen molar-refractivity contribution >= 4 is 33.1 Å². The van der Waals surface area contributed by atoms with Crippen LogP contribution in [-0.4, -0.2) is 9.97 Å². The molecule has 4 rings (SSSR count). The molecular weight excluding hydrogens is 338 g/mol. The minimum Gasteiger partial charge on any atom is -0.340 e. The van der Waals surface area contributed by atoms with Gasteiger partial charge >= 0.3 is 0 Å². The summed E-state index contributed by atoms with van der Waals surface area (Å²) in [5, 5.41) is 6.74. The van der Waals surface area contributed by atoms with Crippen LogP contribution < -0.4 is 5.32 Å². The zero-order valence-corrected chi connectivity index (χ0v) is 16.0. The average Bonchev–Trinajstić information content (AvgIpc) is 3.10. The summed E-state index contributed by atoms with van der Waals surface area (Å²) in [7, 11) is 0. The first-order valence-corrected chi connectivity index (χ1v) is 9.69. The van der Waals surface area contributed by atoms with E-state index in [4.69, 9.17) is 0 Å². The Labute approximate surface area is 157 Å². The Morgan fingerprint density at radius 1 is 0.962 bits per heavy atom. The van der Waals surface area contributed by atoms with E-state index in [1.807, 2.05) is 0 Å². The topological polar surface area (TPSA) is 37.8 Å². The molecule has 0 radical (unpaired) electrons. The number of benzene rings is 2. The van der Waals surface area contributed by atoms with E-state index < -0.39 is 0 Å². The number of fused-ring (bicyclic) bond motifs is 1. The Morgan fingerprint density at radius 3 is 2.50 bits per heavy atom. The Kier molecular flexibility index (Phi) is 4.43. The van der Waals surface area contributed by atoms with E-state index >= 15 is 0 Å². The smallest absolute Gasteiger partial charge is 0.143 e. The van der Waals surface area contributed by atoms with Crippen LogP contribution in [0.15, 0.2) is 54.2 Å². The summed E-state index contributed by atoms with van der Waals surface area (Å²) in [5.74, 6) is 0.855. The van der Waals surface area contributed by atoms with Crippen molar-refractivity contribution in [2.75, 3.05) is 5.32 Å². The van der Waals surface area contributed by atoms with Gasteiger partial charge in [-0.3, -0.25) is 0 Å². The number of hydrogen-bond donors (Lipinski definition) is 1. The second-order valence-electron chi connectivity index (χ2n) is 6.53. The molecule has 0 amide bonds. The molecule has 130 valence electrons. The molecule has 4 heteroatoms. The quantitative estimate of drug-likeness (QED) is 0.466. The fourth-order valence-electron chi connectivity index (χ4n) is 3.05. The lowest BCUT2D eigenvalue weighted by atomic mass is 10.0. The molecular formula is C22H21N3S. The minimum absolute atomic E-state index is 0.855. The average molecular weight is 359 g/mol. The Balaban J connectivity index is 1.79. The molecule has 2 heterocycles. The van der Waals surface area contributed by atoms with Crippen molar-refractivity contribution in [3.05, 3.63) is 70.9 Å². The molecule has 1 N–H and O–H groups in total. The van der Waals surface area contributed by atoms with Crippen LogP contribution in [0.4, 0.5) is 11.5 Å². The fourth-order valence-corrected chi connectivity index (χ4v) is 3.97. The van der Waals surface area contributed by atoms with Gasteiger partial charge in [-0.15, -0.1) is 11.3 Å².